The standard InChI is InChI=1S/C21H27N3O5/c1-5-10-29-17-9-8-13(19(25)22-12(4)21(27)28)11-15(17)18-23-16(7-3)14(6-2)20(26)24-18/h8-9,11-12H,5-7,10H2,1-4H3,(H,22,25)(H,27,28)(H,23,24,26). The molecule has 8 heteroatoms. The zero-order chi connectivity index (χ0) is 21.6. The van der Waals surface area contributed by atoms with E-state index in [2.05, 4.69) is 15.3 Å². The number of hydrogen-bond donors (Lipinski definition) is 3. The van der Waals surface area contributed by atoms with E-state index in [0.29, 0.717) is 47.8 Å². The van der Waals surface area contributed by atoms with Crippen molar-refractivity contribution in [2.45, 2.75) is 53.0 Å². The van der Waals surface area contributed by atoms with Crippen molar-refractivity contribution in [2.24, 2.45) is 0 Å². The molecule has 1 amide bonds. The van der Waals surface area contributed by atoms with Gasteiger partial charge in [0.25, 0.3) is 11.5 Å². The summed E-state index contributed by atoms with van der Waals surface area (Å²) >= 11 is 0. The van der Waals surface area contributed by atoms with Crippen LogP contribution in [0.5, 0.6) is 5.75 Å². The van der Waals surface area contributed by atoms with E-state index in [1.165, 1.54) is 6.92 Å². The number of H-pyrrole nitrogens is 1. The molecule has 1 atom stereocenters. The first-order valence-corrected chi connectivity index (χ1v) is 9.75. The summed E-state index contributed by atoms with van der Waals surface area (Å²) in [6.45, 7) is 7.65. The predicted octanol–water partition coefficient (Wildman–Crippen LogP) is 2.55. The number of hydrogen-bond acceptors (Lipinski definition) is 5. The second-order valence-corrected chi connectivity index (χ2v) is 6.64. The molecule has 0 aliphatic rings. The van der Waals surface area contributed by atoms with Crippen molar-refractivity contribution in [1.82, 2.24) is 15.3 Å². The molecule has 8 nitrogen and oxygen atoms in total. The average molecular weight is 401 g/mol. The summed E-state index contributed by atoms with van der Waals surface area (Å²) < 4.78 is 5.78. The summed E-state index contributed by atoms with van der Waals surface area (Å²) in [5.41, 5.74) is 1.84. The number of aromatic nitrogens is 2. The Morgan fingerprint density at radius 3 is 2.55 bits per heavy atom. The fraction of sp³-hybridized carbons (Fsp3) is 0.429. The predicted molar refractivity (Wildman–Crippen MR) is 109 cm³/mol. The summed E-state index contributed by atoms with van der Waals surface area (Å²) in [5, 5.41) is 11.4. The molecule has 0 radical (unpaired) electrons. The lowest BCUT2D eigenvalue weighted by atomic mass is 10.1. The third-order valence-electron chi connectivity index (χ3n) is 4.47. The van der Waals surface area contributed by atoms with Gasteiger partial charge in [0, 0.05) is 11.1 Å². The lowest BCUT2D eigenvalue weighted by Crippen LogP contribution is -2.38. The van der Waals surface area contributed by atoms with Gasteiger partial charge in [-0.15, -0.1) is 0 Å². The number of aryl methyl sites for hydroxylation is 1. The second kappa shape index (κ2) is 9.86. The first-order chi connectivity index (χ1) is 13.8. The number of carboxylic acid groups (broad SMARTS) is 1. The van der Waals surface area contributed by atoms with Gasteiger partial charge in [-0.05, 0) is 44.4 Å². The number of rotatable bonds is 9. The van der Waals surface area contributed by atoms with Gasteiger partial charge in [0.15, 0.2) is 0 Å². The van der Waals surface area contributed by atoms with Crippen LogP contribution in [0.15, 0.2) is 23.0 Å². The highest BCUT2D eigenvalue weighted by Gasteiger charge is 2.19. The minimum absolute atomic E-state index is 0.217. The Kier molecular flexibility index (Phi) is 7.52. The van der Waals surface area contributed by atoms with Crippen LogP contribution in [0.4, 0.5) is 0 Å². The van der Waals surface area contributed by atoms with Gasteiger partial charge < -0.3 is 20.1 Å². The molecule has 0 saturated heterocycles. The molecule has 0 fully saturated rings. The van der Waals surface area contributed by atoms with E-state index in [1.807, 2.05) is 20.8 Å². The minimum Gasteiger partial charge on any atom is -0.493 e. The van der Waals surface area contributed by atoms with Crippen LogP contribution in [0, 0.1) is 0 Å². The first kappa shape index (κ1) is 22.1. The molecule has 3 N–H and O–H groups in total. The van der Waals surface area contributed by atoms with E-state index >= 15 is 0 Å². The summed E-state index contributed by atoms with van der Waals surface area (Å²) in [6, 6.07) is 3.70. The van der Waals surface area contributed by atoms with Gasteiger partial charge in [-0.1, -0.05) is 20.8 Å². The van der Waals surface area contributed by atoms with E-state index < -0.39 is 17.9 Å². The molecule has 0 spiro atoms. The first-order valence-electron chi connectivity index (χ1n) is 9.75. The Morgan fingerprint density at radius 2 is 1.97 bits per heavy atom. The van der Waals surface area contributed by atoms with E-state index in [9.17, 15) is 14.4 Å². The minimum atomic E-state index is -1.13. The van der Waals surface area contributed by atoms with Crippen molar-refractivity contribution in [3.05, 3.63) is 45.4 Å². The van der Waals surface area contributed by atoms with Crippen molar-refractivity contribution >= 4 is 11.9 Å². The van der Waals surface area contributed by atoms with Crippen LogP contribution in [-0.4, -0.2) is 39.6 Å². The van der Waals surface area contributed by atoms with Gasteiger partial charge >= 0.3 is 5.97 Å². The van der Waals surface area contributed by atoms with E-state index in [0.717, 1.165) is 6.42 Å². The molecule has 156 valence electrons. The van der Waals surface area contributed by atoms with Crippen LogP contribution in [-0.2, 0) is 17.6 Å². The third kappa shape index (κ3) is 5.22. The number of ether oxygens (including phenoxy) is 1. The Labute approximate surface area is 169 Å². The highest BCUT2D eigenvalue weighted by molar-refractivity contribution is 5.97. The SMILES string of the molecule is CCCOc1ccc(C(=O)NC(C)C(=O)O)cc1-c1nc(CC)c(CC)c(=O)[nH]1. The Morgan fingerprint density at radius 1 is 1.24 bits per heavy atom. The quantitative estimate of drug-likeness (QED) is 0.594. The fourth-order valence-corrected chi connectivity index (χ4v) is 2.86. The largest absolute Gasteiger partial charge is 0.493 e. The van der Waals surface area contributed by atoms with Crippen molar-refractivity contribution < 1.29 is 19.4 Å². The monoisotopic (exact) mass is 401 g/mol. The number of carboxylic acids is 1. The van der Waals surface area contributed by atoms with Gasteiger partial charge in [0.1, 0.15) is 17.6 Å². The molecular weight excluding hydrogens is 374 g/mol. The van der Waals surface area contributed by atoms with Crippen LogP contribution in [0.25, 0.3) is 11.4 Å². The molecule has 0 aliphatic carbocycles. The molecule has 0 bridgehead atoms. The molecule has 1 aromatic carbocycles. The number of carbonyl (C=O) groups is 2. The van der Waals surface area contributed by atoms with E-state index in [-0.39, 0.29) is 11.1 Å². The molecule has 0 aliphatic heterocycles. The van der Waals surface area contributed by atoms with Crippen molar-refractivity contribution in [3.63, 3.8) is 0 Å². The number of nitrogens with one attached hydrogen (secondary N) is 2. The third-order valence-corrected chi connectivity index (χ3v) is 4.47. The van der Waals surface area contributed by atoms with E-state index in [1.54, 1.807) is 18.2 Å². The normalized spacial score (nSPS) is 11.7. The number of amides is 1. The van der Waals surface area contributed by atoms with Crippen LogP contribution in [0.2, 0.25) is 0 Å². The number of carbonyl (C=O) groups excluding carboxylic acids is 1. The summed E-state index contributed by atoms with van der Waals surface area (Å²) in [4.78, 5) is 43.3. The molecule has 29 heavy (non-hydrogen) atoms. The topological polar surface area (TPSA) is 121 Å². The molecule has 0 saturated carbocycles. The van der Waals surface area contributed by atoms with Crippen LogP contribution >= 0.6 is 0 Å². The fourth-order valence-electron chi connectivity index (χ4n) is 2.86. The summed E-state index contributed by atoms with van der Waals surface area (Å²) in [5.74, 6) is -0.859. The Bertz CT molecular complexity index is 952. The number of aliphatic carboxylic acids is 1. The summed E-state index contributed by atoms with van der Waals surface area (Å²) in [6.07, 6.45) is 1.96. The summed E-state index contributed by atoms with van der Waals surface area (Å²) in [7, 11) is 0. The maximum absolute atomic E-state index is 12.5. The maximum Gasteiger partial charge on any atom is 0.325 e. The van der Waals surface area contributed by atoms with Gasteiger partial charge in [0.05, 0.1) is 17.9 Å². The molecule has 2 aromatic rings. The lowest BCUT2D eigenvalue weighted by Gasteiger charge is -2.15. The van der Waals surface area contributed by atoms with Gasteiger partial charge in [-0.2, -0.15) is 0 Å². The lowest BCUT2D eigenvalue weighted by molar-refractivity contribution is -0.138. The van der Waals surface area contributed by atoms with Gasteiger partial charge in [-0.25, -0.2) is 4.98 Å². The number of benzene rings is 1. The number of aromatic amines is 1. The maximum atomic E-state index is 12.5. The van der Waals surface area contributed by atoms with Crippen molar-refractivity contribution in [2.75, 3.05) is 6.61 Å². The number of nitrogens with zero attached hydrogens (tertiary/aromatic N) is 1. The van der Waals surface area contributed by atoms with Crippen LogP contribution in [0.3, 0.4) is 0 Å². The highest BCUT2D eigenvalue weighted by atomic mass is 16.5. The Balaban J connectivity index is 2.55. The van der Waals surface area contributed by atoms with Gasteiger partial charge in [-0.3, -0.25) is 14.4 Å². The Hall–Kier alpha value is -3.16. The van der Waals surface area contributed by atoms with Crippen molar-refractivity contribution in [3.8, 4) is 17.1 Å². The molecule has 1 aromatic heterocycles. The van der Waals surface area contributed by atoms with Crippen LogP contribution in [0.1, 0.15) is 55.7 Å². The average Bonchev–Trinajstić information content (AvgIpc) is 2.71. The zero-order valence-corrected chi connectivity index (χ0v) is 17.2. The molecule has 1 heterocycles. The van der Waals surface area contributed by atoms with E-state index in [4.69, 9.17) is 9.84 Å². The second-order valence-electron chi connectivity index (χ2n) is 6.64. The van der Waals surface area contributed by atoms with Crippen molar-refractivity contribution in [1.29, 1.82) is 0 Å². The zero-order valence-electron chi connectivity index (χ0n) is 17.2. The van der Waals surface area contributed by atoms with Crippen LogP contribution < -0.4 is 15.6 Å². The van der Waals surface area contributed by atoms with Gasteiger partial charge in [0.2, 0.25) is 0 Å². The molecule has 1 unspecified atom stereocenters. The highest BCUT2D eigenvalue weighted by Crippen LogP contribution is 2.29. The molecular formula is C21H27N3O5. The molecule has 2 rings (SSSR count). The smallest absolute Gasteiger partial charge is 0.325 e.